The van der Waals surface area contributed by atoms with Crippen LogP contribution in [0.15, 0.2) is 48.8 Å². The minimum Gasteiger partial charge on any atom is -0.494 e. The number of carbonyl (C=O) groups is 1. The van der Waals surface area contributed by atoms with E-state index in [0.29, 0.717) is 24.1 Å². The first kappa shape index (κ1) is 16.4. The lowest BCUT2D eigenvalue weighted by atomic mass is 10.1. The third-order valence-electron chi connectivity index (χ3n) is 4.27. The zero-order valence-electron chi connectivity index (χ0n) is 14.6. The monoisotopic (exact) mass is 351 g/mol. The lowest BCUT2D eigenvalue weighted by molar-refractivity contribution is -0.123. The average molecular weight is 351 g/mol. The summed E-state index contributed by atoms with van der Waals surface area (Å²) in [5.41, 5.74) is 2.69. The number of hydrogen-bond donors (Lipinski definition) is 1. The Morgan fingerprint density at radius 1 is 1.27 bits per heavy atom. The molecule has 6 heteroatoms. The number of rotatable bonds is 7. The molecule has 134 valence electrons. The van der Waals surface area contributed by atoms with Crippen molar-refractivity contribution in [3.05, 3.63) is 48.8 Å². The molecular weight excluding hydrogens is 330 g/mol. The Morgan fingerprint density at radius 2 is 2.15 bits per heavy atom. The van der Waals surface area contributed by atoms with E-state index in [4.69, 9.17) is 9.47 Å². The highest BCUT2D eigenvalue weighted by atomic mass is 16.5. The zero-order valence-corrected chi connectivity index (χ0v) is 14.6. The Bertz CT molecular complexity index is 931. The van der Waals surface area contributed by atoms with Gasteiger partial charge in [0.25, 0.3) is 5.91 Å². The fourth-order valence-electron chi connectivity index (χ4n) is 2.90. The maximum Gasteiger partial charge on any atom is 0.258 e. The van der Waals surface area contributed by atoms with Gasteiger partial charge in [0.05, 0.1) is 12.3 Å². The second-order valence-electron chi connectivity index (χ2n) is 6.29. The summed E-state index contributed by atoms with van der Waals surface area (Å²) in [7, 11) is 0. The van der Waals surface area contributed by atoms with Gasteiger partial charge in [-0.25, -0.2) is 4.98 Å². The molecule has 1 saturated carbocycles. The largest absolute Gasteiger partial charge is 0.494 e. The van der Waals surface area contributed by atoms with Gasteiger partial charge in [-0.1, -0.05) is 6.07 Å². The molecular formula is C20H21N3O3. The third-order valence-corrected chi connectivity index (χ3v) is 4.27. The van der Waals surface area contributed by atoms with Crippen molar-refractivity contribution >= 4 is 11.6 Å². The molecule has 3 aromatic rings. The predicted octanol–water partition coefficient (Wildman–Crippen LogP) is 3.06. The predicted molar refractivity (Wildman–Crippen MR) is 98.5 cm³/mol. The topological polar surface area (TPSA) is 64.9 Å². The minimum atomic E-state index is -0.0962. The molecule has 0 bridgehead atoms. The number of aromatic nitrogens is 2. The summed E-state index contributed by atoms with van der Waals surface area (Å²) < 4.78 is 13.5. The SMILES string of the molecule is CCOc1ccc(-c2cccc3nccn23)c(OCC(=O)NC2CC2)c1. The summed E-state index contributed by atoms with van der Waals surface area (Å²) in [5.74, 6) is 1.23. The van der Waals surface area contributed by atoms with E-state index in [9.17, 15) is 4.79 Å². The molecule has 1 amide bonds. The van der Waals surface area contributed by atoms with Crippen molar-refractivity contribution in [3.8, 4) is 22.8 Å². The fraction of sp³-hybridized carbons (Fsp3) is 0.300. The van der Waals surface area contributed by atoms with Crippen LogP contribution in [0.1, 0.15) is 19.8 Å². The Hall–Kier alpha value is -3.02. The molecule has 2 heterocycles. The van der Waals surface area contributed by atoms with E-state index in [0.717, 1.165) is 29.7 Å². The highest BCUT2D eigenvalue weighted by molar-refractivity contribution is 5.79. The molecule has 4 rings (SSSR count). The lowest BCUT2D eigenvalue weighted by Crippen LogP contribution is -2.30. The van der Waals surface area contributed by atoms with Gasteiger partial charge in [0.1, 0.15) is 17.1 Å². The molecule has 1 fully saturated rings. The highest BCUT2D eigenvalue weighted by Crippen LogP contribution is 2.34. The van der Waals surface area contributed by atoms with Crippen molar-refractivity contribution in [2.45, 2.75) is 25.8 Å². The van der Waals surface area contributed by atoms with Crippen LogP contribution < -0.4 is 14.8 Å². The molecule has 6 nitrogen and oxygen atoms in total. The lowest BCUT2D eigenvalue weighted by Gasteiger charge is -2.15. The van der Waals surface area contributed by atoms with Crippen molar-refractivity contribution in [1.29, 1.82) is 0 Å². The molecule has 0 atom stereocenters. The highest BCUT2D eigenvalue weighted by Gasteiger charge is 2.23. The van der Waals surface area contributed by atoms with Gasteiger partial charge in [-0.15, -0.1) is 0 Å². The number of nitrogens with one attached hydrogen (secondary N) is 1. The van der Waals surface area contributed by atoms with Crippen LogP contribution in [0.2, 0.25) is 0 Å². The van der Waals surface area contributed by atoms with Crippen LogP contribution in [0.25, 0.3) is 16.9 Å². The molecule has 0 aliphatic heterocycles. The van der Waals surface area contributed by atoms with Crippen LogP contribution in [-0.2, 0) is 4.79 Å². The molecule has 26 heavy (non-hydrogen) atoms. The van der Waals surface area contributed by atoms with E-state index >= 15 is 0 Å². The Labute approximate surface area is 151 Å². The normalized spacial score (nSPS) is 13.6. The van der Waals surface area contributed by atoms with Crippen LogP contribution in [0.4, 0.5) is 0 Å². The molecule has 0 radical (unpaired) electrons. The summed E-state index contributed by atoms with van der Waals surface area (Å²) in [6.45, 7) is 2.49. The van der Waals surface area contributed by atoms with E-state index < -0.39 is 0 Å². The van der Waals surface area contributed by atoms with Crippen LogP contribution in [0, 0.1) is 0 Å². The summed E-state index contributed by atoms with van der Waals surface area (Å²) in [6.07, 6.45) is 5.78. The quantitative estimate of drug-likeness (QED) is 0.710. The molecule has 0 unspecified atom stereocenters. The molecule has 0 spiro atoms. The number of benzene rings is 1. The smallest absolute Gasteiger partial charge is 0.258 e. The summed E-state index contributed by atoms with van der Waals surface area (Å²) in [5, 5.41) is 2.94. The van der Waals surface area contributed by atoms with Gasteiger partial charge < -0.3 is 14.8 Å². The van der Waals surface area contributed by atoms with E-state index in [2.05, 4.69) is 10.3 Å². The first-order chi connectivity index (χ1) is 12.7. The molecule has 1 N–H and O–H groups in total. The number of amides is 1. The number of ether oxygens (including phenoxy) is 2. The zero-order chi connectivity index (χ0) is 17.9. The maximum absolute atomic E-state index is 12.0. The first-order valence-corrected chi connectivity index (χ1v) is 8.86. The number of nitrogens with zero attached hydrogens (tertiary/aromatic N) is 2. The summed E-state index contributed by atoms with van der Waals surface area (Å²) >= 11 is 0. The average Bonchev–Trinajstić information content (AvgIpc) is 3.32. The number of carbonyl (C=O) groups excluding carboxylic acids is 1. The van der Waals surface area contributed by atoms with E-state index in [1.807, 2.05) is 53.9 Å². The summed E-state index contributed by atoms with van der Waals surface area (Å²) in [6, 6.07) is 11.9. The van der Waals surface area contributed by atoms with Crippen molar-refractivity contribution in [1.82, 2.24) is 14.7 Å². The molecule has 2 aromatic heterocycles. The van der Waals surface area contributed by atoms with Gasteiger partial charge in [-0.3, -0.25) is 9.20 Å². The number of fused-ring (bicyclic) bond motifs is 1. The van der Waals surface area contributed by atoms with E-state index in [-0.39, 0.29) is 12.5 Å². The Balaban J connectivity index is 1.66. The van der Waals surface area contributed by atoms with Gasteiger partial charge in [0.2, 0.25) is 0 Å². The van der Waals surface area contributed by atoms with E-state index in [1.54, 1.807) is 6.20 Å². The Kier molecular flexibility index (Phi) is 4.48. The van der Waals surface area contributed by atoms with Crippen molar-refractivity contribution < 1.29 is 14.3 Å². The van der Waals surface area contributed by atoms with Gasteiger partial charge in [-0.2, -0.15) is 0 Å². The molecule has 0 saturated heterocycles. The second-order valence-corrected chi connectivity index (χ2v) is 6.29. The number of imidazole rings is 1. The van der Waals surface area contributed by atoms with Crippen LogP contribution >= 0.6 is 0 Å². The van der Waals surface area contributed by atoms with Crippen molar-refractivity contribution in [2.24, 2.45) is 0 Å². The van der Waals surface area contributed by atoms with Gasteiger partial charge >= 0.3 is 0 Å². The first-order valence-electron chi connectivity index (χ1n) is 8.86. The number of hydrogen-bond acceptors (Lipinski definition) is 4. The van der Waals surface area contributed by atoms with Gasteiger partial charge in [-0.05, 0) is 44.0 Å². The minimum absolute atomic E-state index is 0.0149. The van der Waals surface area contributed by atoms with Crippen molar-refractivity contribution in [2.75, 3.05) is 13.2 Å². The second kappa shape index (κ2) is 7.07. The van der Waals surface area contributed by atoms with Crippen LogP contribution in [-0.4, -0.2) is 34.5 Å². The fourth-order valence-corrected chi connectivity index (χ4v) is 2.90. The van der Waals surface area contributed by atoms with Gasteiger partial charge in [0.15, 0.2) is 6.61 Å². The molecule has 1 aliphatic carbocycles. The number of pyridine rings is 1. The van der Waals surface area contributed by atoms with Crippen molar-refractivity contribution in [3.63, 3.8) is 0 Å². The molecule has 1 aromatic carbocycles. The van der Waals surface area contributed by atoms with E-state index in [1.165, 1.54) is 0 Å². The standard InChI is InChI=1S/C20H21N3O3/c1-2-25-15-8-9-16(17-4-3-5-19-21-10-11-23(17)19)18(12-15)26-13-20(24)22-14-6-7-14/h3-5,8-12,14H,2,6-7,13H2,1H3,(H,22,24). The Morgan fingerprint density at radius 3 is 2.96 bits per heavy atom. The molecule has 1 aliphatic rings. The van der Waals surface area contributed by atoms with Crippen LogP contribution in [0.5, 0.6) is 11.5 Å². The summed E-state index contributed by atoms with van der Waals surface area (Å²) in [4.78, 5) is 16.3. The third kappa shape index (κ3) is 3.49. The van der Waals surface area contributed by atoms with Crippen LogP contribution in [0.3, 0.4) is 0 Å². The maximum atomic E-state index is 12.0. The van der Waals surface area contributed by atoms with Gasteiger partial charge in [0, 0.05) is 30.1 Å².